The fraction of sp³-hybridized carbons (Fsp3) is 0.219. The van der Waals surface area contributed by atoms with Crippen molar-refractivity contribution in [3.05, 3.63) is 113 Å². The molecule has 0 atom stereocenters. The van der Waals surface area contributed by atoms with Gasteiger partial charge in [0.05, 0.1) is 16.3 Å². The Balaban J connectivity index is 1.13. The molecule has 0 radical (unpaired) electrons. The number of carbonyl (C=O) groups is 1. The molecule has 1 aliphatic heterocycles. The van der Waals surface area contributed by atoms with Crippen LogP contribution in [0.3, 0.4) is 0 Å². The summed E-state index contributed by atoms with van der Waals surface area (Å²) in [5.74, 6) is 0.0420. The molecule has 1 saturated heterocycles. The van der Waals surface area contributed by atoms with Crippen LogP contribution < -0.4 is 20.4 Å². The summed E-state index contributed by atoms with van der Waals surface area (Å²) in [6.07, 6.45) is 0. The van der Waals surface area contributed by atoms with Crippen LogP contribution in [0.4, 0.5) is 17.1 Å². The molecule has 12 heteroatoms. The van der Waals surface area contributed by atoms with E-state index in [9.17, 15) is 18.4 Å². The lowest BCUT2D eigenvalue weighted by molar-refractivity contribution is 0.0981. The van der Waals surface area contributed by atoms with E-state index in [1.54, 1.807) is 30.0 Å². The number of halogens is 1. The number of hydrogen-bond donors (Lipinski definition) is 4. The summed E-state index contributed by atoms with van der Waals surface area (Å²) in [4.78, 5) is 18.6. The zero-order valence-corrected chi connectivity index (χ0v) is 27.2. The van der Waals surface area contributed by atoms with Gasteiger partial charge in [-0.1, -0.05) is 52.3 Å². The van der Waals surface area contributed by atoms with Gasteiger partial charge in [0.25, 0.3) is 15.9 Å². The molecule has 1 heterocycles. The molecule has 5 rings (SSSR count). The van der Waals surface area contributed by atoms with E-state index in [1.807, 2.05) is 60.1 Å². The van der Waals surface area contributed by atoms with Crippen molar-refractivity contribution in [3.8, 4) is 0 Å². The third kappa shape index (κ3) is 8.33. The van der Waals surface area contributed by atoms with Crippen molar-refractivity contribution in [2.24, 2.45) is 0 Å². The summed E-state index contributed by atoms with van der Waals surface area (Å²) in [5, 5.41) is 12.8. The largest absolute Gasteiger partial charge is 0.382 e. The molecule has 0 unspecified atom stereocenters. The fourth-order valence-corrected chi connectivity index (χ4v) is 7.10. The SMILES string of the molecule is O=C(NS(=O)(=O)c1ccc(NCCSc2ccccc2)c(NO)c1)c1ccc(N2CCN(Cc3ccccc3Br)CC2)cc1. The number of carbonyl (C=O) groups excluding carboxylic acids is 1. The Morgan fingerprint density at radius 3 is 2.27 bits per heavy atom. The Morgan fingerprint density at radius 2 is 1.57 bits per heavy atom. The van der Waals surface area contributed by atoms with Crippen molar-refractivity contribution in [3.63, 3.8) is 0 Å². The number of thioether (sulfide) groups is 1. The Labute approximate surface area is 270 Å². The molecule has 0 aromatic heterocycles. The molecular weight excluding hydrogens is 662 g/mol. The molecule has 1 aliphatic rings. The van der Waals surface area contributed by atoms with Crippen LogP contribution in [0, 0.1) is 0 Å². The van der Waals surface area contributed by atoms with E-state index in [4.69, 9.17) is 0 Å². The van der Waals surface area contributed by atoms with Gasteiger partial charge in [-0.3, -0.25) is 20.4 Å². The minimum atomic E-state index is -4.19. The molecule has 4 N–H and O–H groups in total. The highest BCUT2D eigenvalue weighted by Gasteiger charge is 2.22. The molecule has 4 aromatic rings. The van der Waals surface area contributed by atoms with Crippen LogP contribution in [-0.2, 0) is 16.6 Å². The minimum absolute atomic E-state index is 0.149. The van der Waals surface area contributed by atoms with Crippen LogP contribution in [-0.4, -0.2) is 62.9 Å². The first-order chi connectivity index (χ1) is 21.3. The Bertz CT molecular complexity index is 1670. The van der Waals surface area contributed by atoms with Crippen molar-refractivity contribution in [2.45, 2.75) is 16.3 Å². The van der Waals surface area contributed by atoms with Crippen LogP contribution in [0.5, 0.6) is 0 Å². The third-order valence-corrected chi connectivity index (χ3v) is 10.4. The molecule has 4 aromatic carbocycles. The molecule has 230 valence electrons. The predicted molar refractivity (Wildman–Crippen MR) is 180 cm³/mol. The van der Waals surface area contributed by atoms with Crippen LogP contribution in [0.2, 0.25) is 0 Å². The van der Waals surface area contributed by atoms with E-state index in [-0.39, 0.29) is 16.1 Å². The highest BCUT2D eigenvalue weighted by Crippen LogP contribution is 2.26. The highest BCUT2D eigenvalue weighted by atomic mass is 79.9. The molecule has 1 fully saturated rings. The summed E-state index contributed by atoms with van der Waals surface area (Å²) < 4.78 is 29.3. The zero-order valence-electron chi connectivity index (χ0n) is 23.9. The van der Waals surface area contributed by atoms with E-state index in [1.165, 1.54) is 17.7 Å². The van der Waals surface area contributed by atoms with Crippen LogP contribution in [0.1, 0.15) is 15.9 Å². The highest BCUT2D eigenvalue weighted by molar-refractivity contribution is 9.10. The number of nitrogens with one attached hydrogen (secondary N) is 3. The number of sulfonamides is 1. The van der Waals surface area contributed by atoms with Gasteiger partial charge < -0.3 is 10.2 Å². The van der Waals surface area contributed by atoms with Crippen molar-refractivity contribution < 1.29 is 18.4 Å². The van der Waals surface area contributed by atoms with Gasteiger partial charge in [0, 0.05) is 65.6 Å². The maximum absolute atomic E-state index is 13.0. The lowest BCUT2D eigenvalue weighted by Crippen LogP contribution is -2.46. The van der Waals surface area contributed by atoms with Crippen molar-refractivity contribution in [1.82, 2.24) is 9.62 Å². The van der Waals surface area contributed by atoms with E-state index < -0.39 is 15.9 Å². The van der Waals surface area contributed by atoms with E-state index in [0.717, 1.165) is 53.5 Å². The number of nitrogens with zero attached hydrogens (tertiary/aromatic N) is 2. The summed E-state index contributed by atoms with van der Waals surface area (Å²) in [5.41, 5.74) is 5.25. The van der Waals surface area contributed by atoms with Crippen LogP contribution in [0.15, 0.2) is 111 Å². The number of benzene rings is 4. The monoisotopic (exact) mass is 695 g/mol. The summed E-state index contributed by atoms with van der Waals surface area (Å²) >= 11 is 5.30. The molecule has 0 aliphatic carbocycles. The van der Waals surface area contributed by atoms with E-state index in [0.29, 0.717) is 12.2 Å². The average Bonchev–Trinajstić information content (AvgIpc) is 3.05. The second kappa shape index (κ2) is 15.0. The third-order valence-electron chi connectivity index (χ3n) is 7.30. The van der Waals surface area contributed by atoms with Gasteiger partial charge in [-0.05, 0) is 66.2 Å². The maximum Gasteiger partial charge on any atom is 0.264 e. The van der Waals surface area contributed by atoms with Gasteiger partial charge in [-0.25, -0.2) is 13.1 Å². The minimum Gasteiger partial charge on any atom is -0.382 e. The van der Waals surface area contributed by atoms with Crippen molar-refractivity contribution in [1.29, 1.82) is 0 Å². The van der Waals surface area contributed by atoms with Gasteiger partial charge in [0.2, 0.25) is 0 Å². The molecule has 0 bridgehead atoms. The second-order valence-corrected chi connectivity index (χ2v) is 13.9. The topological polar surface area (TPSA) is 114 Å². The first-order valence-corrected chi connectivity index (χ1v) is 17.4. The lowest BCUT2D eigenvalue weighted by Gasteiger charge is -2.36. The molecule has 0 spiro atoms. The van der Waals surface area contributed by atoms with Gasteiger partial charge in [-0.2, -0.15) is 0 Å². The normalized spacial score (nSPS) is 13.8. The molecule has 9 nitrogen and oxygen atoms in total. The number of hydrogen-bond acceptors (Lipinski definition) is 9. The number of anilines is 3. The predicted octanol–water partition coefficient (Wildman–Crippen LogP) is 5.90. The maximum atomic E-state index is 13.0. The Morgan fingerprint density at radius 1 is 0.864 bits per heavy atom. The van der Waals surface area contributed by atoms with Gasteiger partial charge >= 0.3 is 0 Å². The smallest absolute Gasteiger partial charge is 0.264 e. The van der Waals surface area contributed by atoms with Gasteiger partial charge in [-0.15, -0.1) is 11.8 Å². The number of piperazine rings is 1. The first-order valence-electron chi connectivity index (χ1n) is 14.2. The standard InChI is InChI=1S/C32H34BrN5O4S2/c33-29-9-5-4-6-25(29)23-37-17-19-38(20-18-37)26-12-10-24(11-13-26)32(39)36-44(41,42)28-14-15-30(31(22-28)35-40)34-16-21-43-27-7-2-1-3-8-27/h1-15,22,34-35,40H,16-21,23H2,(H,36,39). The second-order valence-electron chi connectivity index (χ2n) is 10.2. The average molecular weight is 697 g/mol. The molecule has 1 amide bonds. The molecule has 44 heavy (non-hydrogen) atoms. The number of amides is 1. The summed E-state index contributed by atoms with van der Waals surface area (Å²) in [6, 6.07) is 29.4. The number of rotatable bonds is 12. The Hall–Kier alpha value is -3.55. The van der Waals surface area contributed by atoms with Crippen LogP contribution in [0.25, 0.3) is 0 Å². The Kier molecular flexibility index (Phi) is 10.8. The summed E-state index contributed by atoms with van der Waals surface area (Å²) in [6.45, 7) is 4.99. The van der Waals surface area contributed by atoms with Gasteiger partial charge in [0.1, 0.15) is 0 Å². The van der Waals surface area contributed by atoms with E-state index in [2.05, 4.69) is 47.9 Å². The molecule has 0 saturated carbocycles. The van der Waals surface area contributed by atoms with E-state index >= 15 is 0 Å². The first kappa shape index (κ1) is 31.9. The summed E-state index contributed by atoms with van der Waals surface area (Å²) in [7, 11) is -4.19. The molecular formula is C32H34BrN5O4S2. The van der Waals surface area contributed by atoms with Gasteiger partial charge in [0.15, 0.2) is 0 Å². The zero-order chi connectivity index (χ0) is 30.9. The fourth-order valence-electron chi connectivity index (χ4n) is 4.90. The quantitative estimate of drug-likeness (QED) is 0.0818. The van der Waals surface area contributed by atoms with Crippen LogP contribution >= 0.6 is 27.7 Å². The van der Waals surface area contributed by atoms with Crippen molar-refractivity contribution in [2.75, 3.05) is 54.2 Å². The lowest BCUT2D eigenvalue weighted by atomic mass is 10.1. The van der Waals surface area contributed by atoms with Crippen molar-refractivity contribution >= 4 is 60.7 Å².